The van der Waals surface area contributed by atoms with E-state index in [2.05, 4.69) is 25.7 Å². The fourth-order valence-corrected chi connectivity index (χ4v) is 2.22. The van der Waals surface area contributed by atoms with Gasteiger partial charge in [0, 0.05) is 38.9 Å². The van der Waals surface area contributed by atoms with Gasteiger partial charge >= 0.3 is 6.18 Å². The topological polar surface area (TPSA) is 74.8 Å². The van der Waals surface area contributed by atoms with Crippen molar-refractivity contribution < 1.29 is 22.7 Å². The molecule has 6 nitrogen and oxygen atoms in total. The molecule has 1 rings (SSSR count). The Bertz CT molecular complexity index is 607. The third-order valence-corrected chi connectivity index (χ3v) is 3.45. The number of guanidine groups is 1. The molecule has 1 aromatic carbocycles. The fourth-order valence-electron chi connectivity index (χ4n) is 2.22. The lowest BCUT2D eigenvalue weighted by Crippen LogP contribution is -2.38. The molecule has 0 atom stereocenters. The minimum atomic E-state index is -4.30. The summed E-state index contributed by atoms with van der Waals surface area (Å²) in [7, 11) is 1.59. The van der Waals surface area contributed by atoms with E-state index < -0.39 is 12.8 Å². The second kappa shape index (κ2) is 12.2. The second-order valence-electron chi connectivity index (χ2n) is 5.74. The number of hydrogen-bond donors (Lipinski definition) is 3. The summed E-state index contributed by atoms with van der Waals surface area (Å²) in [5.74, 6) is 0.461. The predicted octanol–water partition coefficient (Wildman–Crippen LogP) is 2.11. The Morgan fingerprint density at radius 2 is 2.04 bits per heavy atom. The SMILES string of the molecule is CCNC(=NCCCOCC(F)(F)F)NCCc1cccc(C(=O)NC)c1. The Balaban J connectivity index is 2.38. The number of amides is 1. The van der Waals surface area contributed by atoms with Crippen molar-refractivity contribution in [2.24, 2.45) is 4.99 Å². The summed E-state index contributed by atoms with van der Waals surface area (Å²) in [6, 6.07) is 7.36. The number of alkyl halides is 3. The van der Waals surface area contributed by atoms with Gasteiger partial charge in [0.1, 0.15) is 6.61 Å². The van der Waals surface area contributed by atoms with Crippen LogP contribution in [0.1, 0.15) is 29.3 Å². The van der Waals surface area contributed by atoms with Crippen molar-refractivity contribution >= 4 is 11.9 Å². The minimum Gasteiger partial charge on any atom is -0.372 e. The van der Waals surface area contributed by atoms with Gasteiger partial charge in [0.05, 0.1) is 0 Å². The van der Waals surface area contributed by atoms with E-state index in [0.29, 0.717) is 44.0 Å². The maximum atomic E-state index is 12.0. The maximum absolute atomic E-state index is 12.0. The third-order valence-electron chi connectivity index (χ3n) is 3.45. The van der Waals surface area contributed by atoms with Crippen molar-refractivity contribution in [3.8, 4) is 0 Å². The number of nitrogens with zero attached hydrogens (tertiary/aromatic N) is 1. The van der Waals surface area contributed by atoms with Gasteiger partial charge in [0.15, 0.2) is 5.96 Å². The fraction of sp³-hybridized carbons (Fsp3) is 0.556. The molecule has 0 aliphatic heterocycles. The zero-order valence-electron chi connectivity index (χ0n) is 15.7. The molecule has 0 aliphatic rings. The van der Waals surface area contributed by atoms with Crippen molar-refractivity contribution in [2.75, 3.05) is 39.9 Å². The Morgan fingerprint density at radius 1 is 1.26 bits per heavy atom. The van der Waals surface area contributed by atoms with Crippen LogP contribution in [0.15, 0.2) is 29.3 Å². The Labute approximate surface area is 157 Å². The van der Waals surface area contributed by atoms with Crippen LogP contribution in [0.3, 0.4) is 0 Å². The van der Waals surface area contributed by atoms with Crippen LogP contribution < -0.4 is 16.0 Å². The molecule has 1 amide bonds. The highest BCUT2D eigenvalue weighted by atomic mass is 19.4. The van der Waals surface area contributed by atoms with Crippen LogP contribution in [0, 0.1) is 0 Å². The molecule has 0 bridgehead atoms. The van der Waals surface area contributed by atoms with Gasteiger partial charge in [-0.25, -0.2) is 0 Å². The Morgan fingerprint density at radius 3 is 2.70 bits per heavy atom. The van der Waals surface area contributed by atoms with Crippen LogP contribution in [0.25, 0.3) is 0 Å². The highest BCUT2D eigenvalue weighted by molar-refractivity contribution is 5.94. The van der Waals surface area contributed by atoms with Gasteiger partial charge in [-0.3, -0.25) is 9.79 Å². The van der Waals surface area contributed by atoms with E-state index in [4.69, 9.17) is 0 Å². The van der Waals surface area contributed by atoms with Crippen molar-refractivity contribution in [1.82, 2.24) is 16.0 Å². The molecule has 0 saturated carbocycles. The highest BCUT2D eigenvalue weighted by Crippen LogP contribution is 2.14. The average molecular weight is 388 g/mol. The molecule has 0 aliphatic carbocycles. The van der Waals surface area contributed by atoms with Gasteiger partial charge in [-0.05, 0) is 37.5 Å². The number of rotatable bonds is 10. The molecule has 0 aromatic heterocycles. The largest absolute Gasteiger partial charge is 0.411 e. The van der Waals surface area contributed by atoms with Crippen molar-refractivity contribution in [3.63, 3.8) is 0 Å². The first-order valence-corrected chi connectivity index (χ1v) is 8.83. The quantitative estimate of drug-likeness (QED) is 0.326. The van der Waals surface area contributed by atoms with Crippen molar-refractivity contribution in [1.29, 1.82) is 0 Å². The van der Waals surface area contributed by atoms with E-state index >= 15 is 0 Å². The number of ether oxygens (including phenoxy) is 1. The first-order valence-electron chi connectivity index (χ1n) is 8.83. The summed E-state index contributed by atoms with van der Waals surface area (Å²) in [5.41, 5.74) is 1.62. The number of nitrogens with one attached hydrogen (secondary N) is 3. The van der Waals surface area contributed by atoms with Gasteiger partial charge in [-0.15, -0.1) is 0 Å². The molecule has 0 saturated heterocycles. The van der Waals surface area contributed by atoms with E-state index in [1.807, 2.05) is 25.1 Å². The number of carbonyl (C=O) groups excluding carboxylic acids is 1. The van der Waals surface area contributed by atoms with Gasteiger partial charge in [-0.2, -0.15) is 13.2 Å². The third kappa shape index (κ3) is 10.4. The predicted molar refractivity (Wildman–Crippen MR) is 99.0 cm³/mol. The number of aliphatic imine (C=N–C) groups is 1. The summed E-state index contributed by atoms with van der Waals surface area (Å²) in [5, 5.41) is 8.83. The number of hydrogen-bond acceptors (Lipinski definition) is 3. The zero-order valence-corrected chi connectivity index (χ0v) is 15.7. The molecule has 0 spiro atoms. The van der Waals surface area contributed by atoms with Gasteiger partial charge < -0.3 is 20.7 Å². The highest BCUT2D eigenvalue weighted by Gasteiger charge is 2.27. The summed E-state index contributed by atoms with van der Waals surface area (Å²) in [6.07, 6.45) is -3.19. The van der Waals surface area contributed by atoms with Crippen LogP contribution in [-0.2, 0) is 11.2 Å². The monoisotopic (exact) mass is 388 g/mol. The summed E-state index contributed by atoms with van der Waals surface area (Å²) in [4.78, 5) is 16.0. The Hall–Kier alpha value is -2.29. The summed E-state index contributed by atoms with van der Waals surface area (Å²) >= 11 is 0. The number of carbonyl (C=O) groups is 1. The molecular formula is C18H27F3N4O2. The molecule has 0 radical (unpaired) electrons. The molecule has 1 aromatic rings. The zero-order chi connectivity index (χ0) is 20.1. The van der Waals surface area contributed by atoms with Crippen LogP contribution in [-0.4, -0.2) is 57.9 Å². The Kier molecular flexibility index (Phi) is 10.2. The normalized spacial score (nSPS) is 12.0. The van der Waals surface area contributed by atoms with E-state index in [9.17, 15) is 18.0 Å². The molecule has 0 heterocycles. The lowest BCUT2D eigenvalue weighted by atomic mass is 10.1. The summed E-state index contributed by atoms with van der Waals surface area (Å²) < 4.78 is 40.5. The van der Waals surface area contributed by atoms with Crippen molar-refractivity contribution in [3.05, 3.63) is 35.4 Å². The smallest absolute Gasteiger partial charge is 0.372 e. The molecule has 152 valence electrons. The minimum absolute atomic E-state index is 0.00863. The first kappa shape index (κ1) is 22.8. The van der Waals surface area contributed by atoms with Crippen LogP contribution in [0.2, 0.25) is 0 Å². The molecule has 0 fully saturated rings. The van der Waals surface area contributed by atoms with Gasteiger partial charge in [0.25, 0.3) is 5.91 Å². The van der Waals surface area contributed by atoms with Crippen LogP contribution >= 0.6 is 0 Å². The van der Waals surface area contributed by atoms with Gasteiger partial charge in [-0.1, -0.05) is 12.1 Å². The van der Waals surface area contributed by atoms with E-state index in [1.54, 1.807) is 13.1 Å². The number of benzene rings is 1. The average Bonchev–Trinajstić information content (AvgIpc) is 2.63. The second-order valence-corrected chi connectivity index (χ2v) is 5.74. The van der Waals surface area contributed by atoms with Crippen LogP contribution in [0.4, 0.5) is 13.2 Å². The van der Waals surface area contributed by atoms with E-state index in [1.165, 1.54) is 0 Å². The molecule has 3 N–H and O–H groups in total. The first-order chi connectivity index (χ1) is 12.9. The van der Waals surface area contributed by atoms with Crippen molar-refractivity contribution in [2.45, 2.75) is 25.9 Å². The lowest BCUT2D eigenvalue weighted by Gasteiger charge is -2.12. The van der Waals surface area contributed by atoms with E-state index in [-0.39, 0.29) is 12.5 Å². The van der Waals surface area contributed by atoms with E-state index in [0.717, 1.165) is 5.56 Å². The maximum Gasteiger partial charge on any atom is 0.411 e. The number of halogens is 3. The molecular weight excluding hydrogens is 361 g/mol. The lowest BCUT2D eigenvalue weighted by molar-refractivity contribution is -0.173. The summed E-state index contributed by atoms with van der Waals surface area (Å²) in [6.45, 7) is 2.34. The van der Waals surface area contributed by atoms with Crippen LogP contribution in [0.5, 0.6) is 0 Å². The van der Waals surface area contributed by atoms with Gasteiger partial charge in [0.2, 0.25) is 0 Å². The molecule has 9 heteroatoms. The molecule has 27 heavy (non-hydrogen) atoms. The molecule has 0 unspecified atom stereocenters. The standard InChI is InChI=1S/C18H27F3N4O2/c1-3-23-17(24-9-5-11-27-13-18(19,20)21)25-10-8-14-6-4-7-15(12-14)16(26)22-2/h4,6-7,12H,3,5,8-11,13H2,1-2H3,(H,22,26)(H2,23,24,25).